The van der Waals surface area contributed by atoms with Crippen LogP contribution in [0.5, 0.6) is 11.5 Å². The van der Waals surface area contributed by atoms with Crippen molar-refractivity contribution in [2.75, 3.05) is 38.9 Å². The summed E-state index contributed by atoms with van der Waals surface area (Å²) >= 11 is 0. The van der Waals surface area contributed by atoms with Crippen molar-refractivity contribution < 1.29 is 28.2 Å². The number of nitrogens with one attached hydrogen (secondary N) is 1. The number of amides is 3. The molecule has 1 aliphatic heterocycles. The van der Waals surface area contributed by atoms with Crippen molar-refractivity contribution >= 4 is 17.6 Å². The van der Waals surface area contributed by atoms with Crippen LogP contribution in [0.1, 0.15) is 23.8 Å². The van der Waals surface area contributed by atoms with Gasteiger partial charge in [0.15, 0.2) is 11.5 Å². The van der Waals surface area contributed by atoms with E-state index in [1.54, 1.807) is 24.3 Å². The van der Waals surface area contributed by atoms with Gasteiger partial charge in [-0.25, -0.2) is 4.79 Å². The maximum absolute atomic E-state index is 13.5. The van der Waals surface area contributed by atoms with Gasteiger partial charge in [-0.2, -0.15) is 0 Å². The minimum Gasteiger partial charge on any atom is -0.467 e. The highest BCUT2D eigenvalue weighted by molar-refractivity contribution is 5.92. The summed E-state index contributed by atoms with van der Waals surface area (Å²) in [5.74, 6) is 1.75. The van der Waals surface area contributed by atoms with Gasteiger partial charge in [0, 0.05) is 25.9 Å². The summed E-state index contributed by atoms with van der Waals surface area (Å²) in [6.07, 6.45) is 2.48. The normalized spacial score (nSPS) is 11.8. The molecule has 9 nitrogen and oxygen atoms in total. The monoisotopic (exact) mass is 493 g/mol. The zero-order valence-electron chi connectivity index (χ0n) is 20.6. The van der Waals surface area contributed by atoms with Gasteiger partial charge in [-0.15, -0.1) is 0 Å². The number of rotatable bonds is 11. The van der Waals surface area contributed by atoms with Crippen molar-refractivity contribution in [3.8, 4) is 11.5 Å². The number of ether oxygens (including phenoxy) is 3. The molecule has 3 amide bonds. The van der Waals surface area contributed by atoms with Crippen molar-refractivity contribution in [3.05, 3.63) is 77.7 Å². The number of furan rings is 1. The highest BCUT2D eigenvalue weighted by atomic mass is 16.7. The minimum atomic E-state index is -0.370. The Morgan fingerprint density at radius 2 is 1.75 bits per heavy atom. The summed E-state index contributed by atoms with van der Waals surface area (Å²) in [5, 5.41) is 2.88. The lowest BCUT2D eigenvalue weighted by atomic mass is 10.1. The van der Waals surface area contributed by atoms with Gasteiger partial charge in [0.25, 0.3) is 0 Å². The maximum Gasteiger partial charge on any atom is 0.322 e. The van der Waals surface area contributed by atoms with Crippen LogP contribution < -0.4 is 14.8 Å². The van der Waals surface area contributed by atoms with Crippen molar-refractivity contribution in [3.63, 3.8) is 0 Å². The van der Waals surface area contributed by atoms with Crippen LogP contribution in [0.2, 0.25) is 0 Å². The van der Waals surface area contributed by atoms with E-state index in [4.69, 9.17) is 18.6 Å². The Kier molecular flexibility index (Phi) is 8.46. The zero-order valence-corrected chi connectivity index (χ0v) is 20.6. The van der Waals surface area contributed by atoms with E-state index in [0.29, 0.717) is 36.1 Å². The predicted molar refractivity (Wildman–Crippen MR) is 134 cm³/mol. The van der Waals surface area contributed by atoms with Crippen LogP contribution in [-0.2, 0) is 29.0 Å². The molecule has 0 spiro atoms. The van der Waals surface area contributed by atoms with Crippen LogP contribution in [0.25, 0.3) is 0 Å². The van der Waals surface area contributed by atoms with E-state index in [2.05, 4.69) is 12.2 Å². The van der Waals surface area contributed by atoms with Gasteiger partial charge in [0.1, 0.15) is 12.3 Å². The molecule has 0 aliphatic carbocycles. The van der Waals surface area contributed by atoms with Gasteiger partial charge in [0.05, 0.1) is 19.4 Å². The van der Waals surface area contributed by atoms with E-state index in [0.717, 1.165) is 12.0 Å². The topological polar surface area (TPSA) is 93.5 Å². The first-order valence-electron chi connectivity index (χ1n) is 11.9. The number of benzene rings is 2. The Morgan fingerprint density at radius 1 is 0.972 bits per heavy atom. The highest BCUT2D eigenvalue weighted by Gasteiger charge is 2.23. The van der Waals surface area contributed by atoms with Crippen LogP contribution in [-0.4, -0.2) is 55.3 Å². The molecule has 2 heterocycles. The number of hydrogen-bond donors (Lipinski definition) is 1. The summed E-state index contributed by atoms with van der Waals surface area (Å²) in [7, 11) is 1.56. The number of fused-ring (bicyclic) bond motifs is 1. The summed E-state index contributed by atoms with van der Waals surface area (Å²) in [5.41, 5.74) is 2.72. The molecule has 0 atom stereocenters. The lowest BCUT2D eigenvalue weighted by Crippen LogP contribution is -2.45. The fourth-order valence-corrected chi connectivity index (χ4v) is 3.83. The summed E-state index contributed by atoms with van der Waals surface area (Å²) in [4.78, 5) is 29.7. The molecule has 2 aromatic carbocycles. The number of methoxy groups -OCH3 is 1. The fraction of sp³-hybridized carbons (Fsp3) is 0.333. The first-order valence-corrected chi connectivity index (χ1v) is 11.9. The number of aryl methyl sites for hydroxylation is 1. The highest BCUT2D eigenvalue weighted by Crippen LogP contribution is 2.33. The molecule has 9 heteroatoms. The van der Waals surface area contributed by atoms with Gasteiger partial charge in [-0.05, 0) is 53.9 Å². The lowest BCUT2D eigenvalue weighted by Gasteiger charge is -2.27. The number of hydrogen-bond acceptors (Lipinski definition) is 6. The second-order valence-electron chi connectivity index (χ2n) is 8.41. The molecule has 0 radical (unpaired) electrons. The Morgan fingerprint density at radius 3 is 2.47 bits per heavy atom. The molecular weight excluding hydrogens is 462 g/mol. The second kappa shape index (κ2) is 12.1. The Hall–Kier alpha value is -3.98. The summed E-state index contributed by atoms with van der Waals surface area (Å²) in [6, 6.07) is 16.5. The second-order valence-corrected chi connectivity index (χ2v) is 8.41. The van der Waals surface area contributed by atoms with E-state index in [1.165, 1.54) is 10.5 Å². The van der Waals surface area contributed by atoms with Gasteiger partial charge in [-0.1, -0.05) is 25.1 Å². The van der Waals surface area contributed by atoms with E-state index >= 15 is 0 Å². The Balaban J connectivity index is 1.48. The zero-order chi connectivity index (χ0) is 25.3. The minimum absolute atomic E-state index is 0.118. The Labute approximate surface area is 210 Å². The summed E-state index contributed by atoms with van der Waals surface area (Å²) in [6.45, 7) is 3.28. The van der Waals surface area contributed by atoms with Crippen molar-refractivity contribution in [2.24, 2.45) is 0 Å². The van der Waals surface area contributed by atoms with E-state index in [1.807, 2.05) is 48.5 Å². The molecule has 4 rings (SSSR count). The summed E-state index contributed by atoms with van der Waals surface area (Å²) < 4.78 is 21.5. The van der Waals surface area contributed by atoms with E-state index in [9.17, 15) is 9.59 Å². The molecule has 0 saturated heterocycles. The largest absolute Gasteiger partial charge is 0.467 e. The van der Waals surface area contributed by atoms with Gasteiger partial charge in [0.2, 0.25) is 12.7 Å². The van der Waals surface area contributed by atoms with E-state index in [-0.39, 0.29) is 38.4 Å². The predicted octanol–water partition coefficient (Wildman–Crippen LogP) is 4.28. The molecular formula is C27H31N3O6. The smallest absolute Gasteiger partial charge is 0.322 e. The van der Waals surface area contributed by atoms with Crippen LogP contribution in [0, 0.1) is 0 Å². The molecule has 0 unspecified atom stereocenters. The average molecular weight is 494 g/mol. The molecule has 0 saturated carbocycles. The molecule has 0 fully saturated rings. The SMILES string of the molecule is CCc1ccc(NC(=O)N(CCOC)CC(=O)N(Cc2ccc3c(c2)OCO3)Cc2ccco2)cc1. The maximum atomic E-state index is 13.5. The fourth-order valence-electron chi connectivity index (χ4n) is 3.83. The Bertz CT molecular complexity index is 1150. The van der Waals surface area contributed by atoms with Gasteiger partial charge in [-0.3, -0.25) is 4.79 Å². The number of urea groups is 1. The number of anilines is 1. The average Bonchev–Trinajstić information content (AvgIpc) is 3.58. The number of nitrogens with zero attached hydrogens (tertiary/aromatic N) is 2. The first kappa shape index (κ1) is 25.1. The van der Waals surface area contributed by atoms with Crippen LogP contribution >= 0.6 is 0 Å². The third-order valence-electron chi connectivity index (χ3n) is 5.88. The van der Waals surface area contributed by atoms with Crippen molar-refractivity contribution in [2.45, 2.75) is 26.4 Å². The van der Waals surface area contributed by atoms with Crippen LogP contribution in [0.3, 0.4) is 0 Å². The van der Waals surface area contributed by atoms with Crippen LogP contribution in [0.15, 0.2) is 65.3 Å². The number of carbonyl (C=O) groups is 2. The van der Waals surface area contributed by atoms with Crippen molar-refractivity contribution in [1.82, 2.24) is 9.80 Å². The third-order valence-corrected chi connectivity index (χ3v) is 5.88. The van der Waals surface area contributed by atoms with Gasteiger partial charge >= 0.3 is 6.03 Å². The molecule has 3 aromatic rings. The standard InChI is InChI=1S/C27H31N3O6/c1-3-20-6-9-22(10-7-20)28-27(32)29(12-14-33-2)18-26(31)30(17-23-5-4-13-34-23)16-21-8-11-24-25(15-21)36-19-35-24/h4-11,13,15H,3,12,14,16-19H2,1-2H3,(H,28,32). The lowest BCUT2D eigenvalue weighted by molar-refractivity contribution is -0.133. The third kappa shape index (κ3) is 6.57. The van der Waals surface area contributed by atoms with Crippen LogP contribution in [0.4, 0.5) is 10.5 Å². The van der Waals surface area contributed by atoms with E-state index < -0.39 is 0 Å². The first-order chi connectivity index (χ1) is 17.6. The van der Waals surface area contributed by atoms with Gasteiger partial charge < -0.3 is 33.7 Å². The molecule has 1 aromatic heterocycles. The number of carbonyl (C=O) groups excluding carboxylic acids is 2. The molecule has 190 valence electrons. The molecule has 1 N–H and O–H groups in total. The van der Waals surface area contributed by atoms with Crippen molar-refractivity contribution in [1.29, 1.82) is 0 Å². The molecule has 0 bridgehead atoms. The molecule has 36 heavy (non-hydrogen) atoms. The molecule has 1 aliphatic rings. The quantitative estimate of drug-likeness (QED) is 0.429.